The minimum atomic E-state index is 0.00599. The number of aryl methyl sites for hydroxylation is 1. The molecule has 3 aromatic rings. The Morgan fingerprint density at radius 3 is 2.54 bits per heavy atom. The van der Waals surface area contributed by atoms with Crippen LogP contribution in [0.1, 0.15) is 52.3 Å². The minimum Gasteiger partial charge on any atom is -0.348 e. The van der Waals surface area contributed by atoms with Crippen LogP contribution in [0, 0.1) is 13.8 Å². The van der Waals surface area contributed by atoms with Gasteiger partial charge in [-0.1, -0.05) is 49.4 Å². The molecule has 3 rings (SSSR count). The summed E-state index contributed by atoms with van der Waals surface area (Å²) < 4.78 is 0. The van der Waals surface area contributed by atoms with Crippen molar-refractivity contribution in [3.05, 3.63) is 88.5 Å². The van der Waals surface area contributed by atoms with Crippen molar-refractivity contribution >= 4 is 5.84 Å². The molecule has 0 bridgehead atoms. The van der Waals surface area contributed by atoms with Crippen molar-refractivity contribution in [2.24, 2.45) is 16.8 Å². The molecule has 6 nitrogen and oxygen atoms in total. The van der Waals surface area contributed by atoms with E-state index in [-0.39, 0.29) is 11.8 Å². The topological polar surface area (TPSA) is 105 Å². The van der Waals surface area contributed by atoms with Crippen LogP contribution >= 0.6 is 0 Å². The van der Waals surface area contributed by atoms with Crippen molar-refractivity contribution in [3.63, 3.8) is 0 Å². The Morgan fingerprint density at radius 2 is 1.93 bits per heavy atom. The van der Waals surface area contributed by atoms with Crippen LogP contribution in [0.5, 0.6) is 0 Å². The van der Waals surface area contributed by atoms with E-state index in [1.165, 1.54) is 22.3 Å². The standard InChI is InChI=1S/C22H28N6/c1-14-5-4-6-19(15(14)2)20(21-12-25-13-26-21)11-17-7-9-18(10-8-17)16(3)22(27-23)28-24/h4-10,12-13,16,20H,11,23-24H2,1-3H3,(H,25,26)(H,27,28). The van der Waals surface area contributed by atoms with E-state index in [0.717, 1.165) is 17.7 Å². The average molecular weight is 377 g/mol. The number of H-pyrrole nitrogens is 1. The summed E-state index contributed by atoms with van der Waals surface area (Å²) in [6.07, 6.45) is 4.54. The molecule has 1 aromatic heterocycles. The third kappa shape index (κ3) is 4.07. The SMILES string of the molecule is Cc1cccc(C(Cc2ccc(C(C)/C(=N/N)NN)cc2)c2cnc[nH]2)c1C. The van der Waals surface area contributed by atoms with Crippen LogP contribution in [0.2, 0.25) is 0 Å². The van der Waals surface area contributed by atoms with E-state index >= 15 is 0 Å². The highest BCUT2D eigenvalue weighted by Gasteiger charge is 2.19. The van der Waals surface area contributed by atoms with E-state index in [1.807, 2.05) is 13.1 Å². The predicted octanol–water partition coefficient (Wildman–Crippen LogP) is 3.24. The van der Waals surface area contributed by atoms with Gasteiger partial charge in [-0.15, -0.1) is 0 Å². The molecule has 0 aliphatic rings. The average Bonchev–Trinajstić information content (AvgIpc) is 3.24. The van der Waals surface area contributed by atoms with Gasteiger partial charge in [0.1, 0.15) is 5.84 Å². The van der Waals surface area contributed by atoms with E-state index in [0.29, 0.717) is 5.84 Å². The summed E-state index contributed by atoms with van der Waals surface area (Å²) in [6, 6.07) is 15.0. The molecule has 0 aliphatic carbocycles. The largest absolute Gasteiger partial charge is 0.348 e. The quantitative estimate of drug-likeness (QED) is 0.229. The van der Waals surface area contributed by atoms with Crippen LogP contribution in [0.25, 0.3) is 0 Å². The molecule has 2 unspecified atom stereocenters. The molecule has 6 N–H and O–H groups in total. The van der Waals surface area contributed by atoms with Gasteiger partial charge in [0.2, 0.25) is 0 Å². The summed E-state index contributed by atoms with van der Waals surface area (Å²) in [5.41, 5.74) is 9.99. The van der Waals surface area contributed by atoms with Crippen molar-refractivity contribution in [1.29, 1.82) is 0 Å². The molecule has 2 atom stereocenters. The number of imidazole rings is 1. The first kappa shape index (κ1) is 19.6. The second kappa shape index (κ2) is 8.71. The van der Waals surface area contributed by atoms with Gasteiger partial charge in [-0.05, 0) is 48.1 Å². The zero-order chi connectivity index (χ0) is 20.1. The van der Waals surface area contributed by atoms with Gasteiger partial charge in [-0.2, -0.15) is 5.10 Å². The number of hydrogen-bond acceptors (Lipinski definition) is 4. The fraction of sp³-hybridized carbons (Fsp3) is 0.273. The zero-order valence-corrected chi connectivity index (χ0v) is 16.6. The van der Waals surface area contributed by atoms with Crippen molar-refractivity contribution in [3.8, 4) is 0 Å². The van der Waals surface area contributed by atoms with E-state index in [2.05, 4.69) is 76.8 Å². The maximum atomic E-state index is 5.49. The number of hydrazine groups is 1. The Balaban J connectivity index is 1.89. The number of nitrogens with zero attached hydrogens (tertiary/aromatic N) is 2. The third-order valence-corrected chi connectivity index (χ3v) is 5.53. The number of amidine groups is 1. The van der Waals surface area contributed by atoms with Gasteiger partial charge in [-0.3, -0.25) is 0 Å². The molecular weight excluding hydrogens is 348 g/mol. The van der Waals surface area contributed by atoms with Crippen LogP contribution < -0.4 is 17.1 Å². The lowest BCUT2D eigenvalue weighted by Crippen LogP contribution is -2.35. The third-order valence-electron chi connectivity index (χ3n) is 5.53. The minimum absolute atomic E-state index is 0.00599. The molecule has 6 heteroatoms. The maximum Gasteiger partial charge on any atom is 0.143 e. The van der Waals surface area contributed by atoms with Gasteiger partial charge < -0.3 is 16.3 Å². The van der Waals surface area contributed by atoms with Crippen LogP contribution in [0.3, 0.4) is 0 Å². The Morgan fingerprint density at radius 1 is 1.18 bits per heavy atom. The highest BCUT2D eigenvalue weighted by atomic mass is 15.3. The molecule has 0 amide bonds. The normalized spacial score (nSPS) is 13.9. The van der Waals surface area contributed by atoms with Gasteiger partial charge in [0, 0.05) is 23.7 Å². The summed E-state index contributed by atoms with van der Waals surface area (Å²) in [5.74, 6) is 11.7. The first-order valence-electron chi connectivity index (χ1n) is 9.42. The molecule has 2 aromatic carbocycles. The number of nitrogens with one attached hydrogen (secondary N) is 2. The van der Waals surface area contributed by atoms with Crippen LogP contribution in [0.4, 0.5) is 0 Å². The maximum absolute atomic E-state index is 5.49. The first-order valence-corrected chi connectivity index (χ1v) is 9.42. The Kier molecular flexibility index (Phi) is 6.11. The summed E-state index contributed by atoms with van der Waals surface area (Å²) >= 11 is 0. The first-order chi connectivity index (χ1) is 13.5. The van der Waals surface area contributed by atoms with Crippen LogP contribution in [-0.2, 0) is 6.42 Å². The van der Waals surface area contributed by atoms with Crippen LogP contribution in [-0.4, -0.2) is 15.8 Å². The van der Waals surface area contributed by atoms with Crippen LogP contribution in [0.15, 0.2) is 60.1 Å². The van der Waals surface area contributed by atoms with Crippen molar-refractivity contribution in [1.82, 2.24) is 15.4 Å². The van der Waals surface area contributed by atoms with Crippen molar-refractivity contribution in [2.45, 2.75) is 39.0 Å². The lowest BCUT2D eigenvalue weighted by atomic mass is 9.85. The fourth-order valence-corrected chi connectivity index (χ4v) is 3.61. The predicted molar refractivity (Wildman–Crippen MR) is 114 cm³/mol. The van der Waals surface area contributed by atoms with E-state index in [9.17, 15) is 0 Å². The lowest BCUT2D eigenvalue weighted by molar-refractivity contribution is 0.772. The van der Waals surface area contributed by atoms with Crippen molar-refractivity contribution < 1.29 is 0 Å². The monoisotopic (exact) mass is 376 g/mol. The Bertz CT molecular complexity index is 928. The fourth-order valence-electron chi connectivity index (χ4n) is 3.61. The molecule has 0 aliphatic heterocycles. The molecule has 0 spiro atoms. The highest BCUT2D eigenvalue weighted by Crippen LogP contribution is 2.31. The molecule has 1 heterocycles. The van der Waals surface area contributed by atoms with Gasteiger partial charge in [0.25, 0.3) is 0 Å². The summed E-state index contributed by atoms with van der Waals surface area (Å²) in [7, 11) is 0. The second-order valence-electron chi connectivity index (χ2n) is 7.17. The smallest absolute Gasteiger partial charge is 0.143 e. The molecule has 0 fully saturated rings. The van der Waals surface area contributed by atoms with Gasteiger partial charge >= 0.3 is 0 Å². The van der Waals surface area contributed by atoms with E-state index in [4.69, 9.17) is 11.7 Å². The lowest BCUT2D eigenvalue weighted by Gasteiger charge is -2.20. The highest BCUT2D eigenvalue weighted by molar-refractivity contribution is 5.87. The number of nitrogens with two attached hydrogens (primary N) is 2. The summed E-state index contributed by atoms with van der Waals surface area (Å²) in [6.45, 7) is 6.36. The molecular formula is C22H28N6. The molecule has 0 radical (unpaired) electrons. The molecule has 146 valence electrons. The Labute approximate surface area is 166 Å². The molecule has 28 heavy (non-hydrogen) atoms. The number of hydrogen-bond donors (Lipinski definition) is 4. The summed E-state index contributed by atoms with van der Waals surface area (Å²) in [5, 5.41) is 3.71. The number of rotatable bonds is 6. The van der Waals surface area contributed by atoms with E-state index < -0.39 is 0 Å². The van der Waals surface area contributed by atoms with Gasteiger partial charge in [0.05, 0.1) is 6.33 Å². The molecule has 0 saturated carbocycles. The number of aromatic nitrogens is 2. The number of benzene rings is 2. The second-order valence-corrected chi connectivity index (χ2v) is 7.17. The summed E-state index contributed by atoms with van der Waals surface area (Å²) in [4.78, 5) is 7.54. The zero-order valence-electron chi connectivity index (χ0n) is 16.6. The van der Waals surface area contributed by atoms with Gasteiger partial charge in [0.15, 0.2) is 0 Å². The van der Waals surface area contributed by atoms with Crippen molar-refractivity contribution in [2.75, 3.05) is 0 Å². The van der Waals surface area contributed by atoms with E-state index in [1.54, 1.807) is 6.33 Å². The van der Waals surface area contributed by atoms with Gasteiger partial charge in [-0.25, -0.2) is 10.8 Å². The molecule has 0 saturated heterocycles. The number of aromatic amines is 1. The Hall–Kier alpha value is -3.12. The number of hydrazone groups is 1.